The Morgan fingerprint density at radius 1 is 1.22 bits per heavy atom. The first-order chi connectivity index (χ1) is 10.7. The number of anilines is 1. The number of methoxy groups -OCH3 is 1. The molecule has 0 bridgehead atoms. The van der Waals surface area contributed by atoms with Crippen molar-refractivity contribution in [1.82, 2.24) is 0 Å². The highest BCUT2D eigenvalue weighted by molar-refractivity contribution is 7.92. The van der Waals surface area contributed by atoms with E-state index in [1.807, 2.05) is 0 Å². The number of hydrogen-bond donors (Lipinski definition) is 1. The van der Waals surface area contributed by atoms with Gasteiger partial charge in [0.05, 0.1) is 22.6 Å². The highest BCUT2D eigenvalue weighted by Gasteiger charge is 2.18. The molecule has 0 atom stereocenters. The van der Waals surface area contributed by atoms with Crippen molar-refractivity contribution in [3.8, 4) is 0 Å². The van der Waals surface area contributed by atoms with E-state index in [1.54, 1.807) is 0 Å². The van der Waals surface area contributed by atoms with Crippen molar-refractivity contribution in [3.63, 3.8) is 0 Å². The third-order valence-corrected chi connectivity index (χ3v) is 4.79. The summed E-state index contributed by atoms with van der Waals surface area (Å²) in [7, 11) is -2.81. The van der Waals surface area contributed by atoms with E-state index in [-0.39, 0.29) is 21.2 Å². The maximum atomic E-state index is 13.5. The molecule has 0 saturated heterocycles. The van der Waals surface area contributed by atoms with E-state index in [0.29, 0.717) is 5.56 Å². The fraction of sp³-hybridized carbons (Fsp3) is 0.133. The molecule has 0 fully saturated rings. The molecule has 0 amide bonds. The standard InChI is InChI=1S/C15H13ClFNO4S/c1-9-3-5-11(8-14(9)17)23(20,21)18-10-4-6-13(16)12(7-10)15(19)22-2/h3-8,18H,1-2H3. The molecular weight excluding hydrogens is 345 g/mol. The first-order valence-corrected chi connectivity index (χ1v) is 8.27. The highest BCUT2D eigenvalue weighted by atomic mass is 35.5. The number of sulfonamides is 1. The number of aryl methyl sites for hydroxylation is 1. The monoisotopic (exact) mass is 357 g/mol. The third kappa shape index (κ3) is 3.80. The van der Waals surface area contributed by atoms with Crippen LogP contribution in [0.15, 0.2) is 41.3 Å². The first kappa shape index (κ1) is 17.2. The summed E-state index contributed by atoms with van der Waals surface area (Å²) >= 11 is 5.87. The van der Waals surface area contributed by atoms with Crippen LogP contribution in [0.4, 0.5) is 10.1 Å². The third-order valence-electron chi connectivity index (χ3n) is 3.08. The molecule has 0 unspecified atom stereocenters. The van der Waals surface area contributed by atoms with Crippen LogP contribution in [-0.2, 0) is 14.8 Å². The molecule has 0 radical (unpaired) electrons. The second kappa shape index (κ2) is 6.55. The Morgan fingerprint density at radius 3 is 2.52 bits per heavy atom. The van der Waals surface area contributed by atoms with Gasteiger partial charge in [-0.05, 0) is 42.8 Å². The maximum absolute atomic E-state index is 13.5. The molecule has 2 aromatic rings. The lowest BCUT2D eigenvalue weighted by Gasteiger charge is -2.10. The lowest BCUT2D eigenvalue weighted by Crippen LogP contribution is -2.14. The SMILES string of the molecule is COC(=O)c1cc(NS(=O)(=O)c2ccc(C)c(F)c2)ccc1Cl. The number of rotatable bonds is 4. The molecule has 0 spiro atoms. The number of nitrogens with one attached hydrogen (secondary N) is 1. The molecule has 8 heteroatoms. The molecule has 2 aromatic carbocycles. The second-order valence-electron chi connectivity index (χ2n) is 4.70. The Kier molecular flexibility index (Phi) is 4.91. The summed E-state index contributed by atoms with van der Waals surface area (Å²) in [6.07, 6.45) is 0. The zero-order valence-electron chi connectivity index (χ0n) is 12.3. The van der Waals surface area contributed by atoms with Crippen molar-refractivity contribution in [1.29, 1.82) is 0 Å². The summed E-state index contributed by atoms with van der Waals surface area (Å²) in [6, 6.07) is 7.58. The normalized spacial score (nSPS) is 11.1. The van der Waals surface area contributed by atoms with Gasteiger partial charge in [0.25, 0.3) is 10.0 Å². The molecule has 0 saturated carbocycles. The first-order valence-electron chi connectivity index (χ1n) is 6.41. The van der Waals surface area contributed by atoms with Gasteiger partial charge in [0.1, 0.15) is 5.82 Å². The van der Waals surface area contributed by atoms with Gasteiger partial charge < -0.3 is 4.74 Å². The molecule has 5 nitrogen and oxygen atoms in total. The van der Waals surface area contributed by atoms with Crippen molar-refractivity contribution in [2.45, 2.75) is 11.8 Å². The number of benzene rings is 2. The Hall–Kier alpha value is -2.12. The fourth-order valence-electron chi connectivity index (χ4n) is 1.81. The number of ether oxygens (including phenoxy) is 1. The Balaban J connectivity index is 2.37. The number of esters is 1. The van der Waals surface area contributed by atoms with Crippen LogP contribution in [0.3, 0.4) is 0 Å². The summed E-state index contributed by atoms with van der Waals surface area (Å²) in [5.74, 6) is -1.32. The molecule has 2 rings (SSSR count). The summed E-state index contributed by atoms with van der Waals surface area (Å²) in [5, 5.41) is 0.126. The highest BCUT2D eigenvalue weighted by Crippen LogP contribution is 2.24. The van der Waals surface area contributed by atoms with E-state index in [1.165, 1.54) is 44.4 Å². The molecule has 122 valence electrons. The lowest BCUT2D eigenvalue weighted by molar-refractivity contribution is 0.0601. The van der Waals surface area contributed by atoms with Gasteiger partial charge >= 0.3 is 5.97 Å². The number of carbonyl (C=O) groups excluding carboxylic acids is 1. The minimum atomic E-state index is -4.00. The van der Waals surface area contributed by atoms with E-state index in [9.17, 15) is 17.6 Å². The van der Waals surface area contributed by atoms with E-state index in [4.69, 9.17) is 11.6 Å². The van der Waals surface area contributed by atoms with Crippen LogP contribution in [0.2, 0.25) is 5.02 Å². The molecule has 0 aliphatic rings. The van der Waals surface area contributed by atoms with Crippen LogP contribution in [-0.4, -0.2) is 21.5 Å². The van der Waals surface area contributed by atoms with Gasteiger partial charge in [-0.25, -0.2) is 17.6 Å². The Bertz CT molecular complexity index is 868. The molecular formula is C15H13ClFNO4S. The minimum Gasteiger partial charge on any atom is -0.465 e. The van der Waals surface area contributed by atoms with Crippen LogP contribution in [0.25, 0.3) is 0 Å². The van der Waals surface area contributed by atoms with E-state index >= 15 is 0 Å². The smallest absolute Gasteiger partial charge is 0.339 e. The number of hydrogen-bond acceptors (Lipinski definition) is 4. The van der Waals surface area contributed by atoms with Crippen LogP contribution in [0, 0.1) is 12.7 Å². The molecule has 1 N–H and O–H groups in total. The predicted molar refractivity (Wildman–Crippen MR) is 84.7 cm³/mol. The van der Waals surface area contributed by atoms with Gasteiger partial charge in [-0.15, -0.1) is 0 Å². The average Bonchev–Trinajstić information content (AvgIpc) is 2.50. The summed E-state index contributed by atoms with van der Waals surface area (Å²) in [5.41, 5.74) is 0.462. The molecule has 0 aliphatic carbocycles. The summed E-state index contributed by atoms with van der Waals surface area (Å²) in [6.45, 7) is 1.53. The van der Waals surface area contributed by atoms with Crippen LogP contribution in [0.5, 0.6) is 0 Å². The van der Waals surface area contributed by atoms with Gasteiger partial charge in [0.2, 0.25) is 0 Å². The van der Waals surface area contributed by atoms with Gasteiger partial charge in [-0.2, -0.15) is 0 Å². The van der Waals surface area contributed by atoms with Crippen LogP contribution in [0.1, 0.15) is 15.9 Å². The van der Waals surface area contributed by atoms with Crippen molar-refractivity contribution in [2.75, 3.05) is 11.8 Å². The second-order valence-corrected chi connectivity index (χ2v) is 6.79. The van der Waals surface area contributed by atoms with E-state index < -0.39 is 21.8 Å². The number of halogens is 2. The molecule has 23 heavy (non-hydrogen) atoms. The van der Waals surface area contributed by atoms with E-state index in [2.05, 4.69) is 9.46 Å². The number of carbonyl (C=O) groups is 1. The van der Waals surface area contributed by atoms with Crippen LogP contribution >= 0.6 is 11.6 Å². The van der Waals surface area contributed by atoms with Gasteiger partial charge in [-0.1, -0.05) is 17.7 Å². The van der Waals surface area contributed by atoms with Gasteiger partial charge in [-0.3, -0.25) is 4.72 Å². The van der Waals surface area contributed by atoms with E-state index in [0.717, 1.165) is 6.07 Å². The molecule has 0 aliphatic heterocycles. The van der Waals surface area contributed by atoms with Gasteiger partial charge in [0, 0.05) is 5.69 Å². The van der Waals surface area contributed by atoms with Crippen molar-refractivity contribution in [3.05, 3.63) is 58.4 Å². The Morgan fingerprint density at radius 2 is 1.91 bits per heavy atom. The summed E-state index contributed by atoms with van der Waals surface area (Å²) in [4.78, 5) is 11.3. The quantitative estimate of drug-likeness (QED) is 0.851. The maximum Gasteiger partial charge on any atom is 0.339 e. The summed E-state index contributed by atoms with van der Waals surface area (Å²) < 4.78 is 44.9. The zero-order valence-corrected chi connectivity index (χ0v) is 13.8. The largest absolute Gasteiger partial charge is 0.465 e. The fourth-order valence-corrected chi connectivity index (χ4v) is 3.07. The van der Waals surface area contributed by atoms with Crippen LogP contribution < -0.4 is 4.72 Å². The van der Waals surface area contributed by atoms with Crippen molar-refractivity contribution in [2.24, 2.45) is 0 Å². The zero-order chi connectivity index (χ0) is 17.2. The topological polar surface area (TPSA) is 72.5 Å². The van der Waals surface area contributed by atoms with Crippen molar-refractivity contribution >= 4 is 33.3 Å². The lowest BCUT2D eigenvalue weighted by atomic mass is 10.2. The minimum absolute atomic E-state index is 0.0180. The molecule has 0 heterocycles. The predicted octanol–water partition coefficient (Wildman–Crippen LogP) is 3.37. The van der Waals surface area contributed by atoms with Gasteiger partial charge in [0.15, 0.2) is 0 Å². The van der Waals surface area contributed by atoms with Crippen molar-refractivity contribution < 1.29 is 22.3 Å². The molecule has 0 aromatic heterocycles. The average molecular weight is 358 g/mol. The Labute approximate surface area is 138 Å².